The summed E-state index contributed by atoms with van der Waals surface area (Å²) < 4.78 is 14.8. The molecule has 0 radical (unpaired) electrons. The average Bonchev–Trinajstić information content (AvgIpc) is 3.93. The Morgan fingerprint density at radius 3 is 2.15 bits per heavy atom. The van der Waals surface area contributed by atoms with Crippen molar-refractivity contribution in [3.63, 3.8) is 0 Å². The Hall–Kier alpha value is -6.27. The molecule has 5 rings (SSSR count). The van der Waals surface area contributed by atoms with Crippen molar-refractivity contribution in [1.82, 2.24) is 47.1 Å². The van der Waals surface area contributed by atoms with Gasteiger partial charge in [0, 0.05) is 47.2 Å². The summed E-state index contributed by atoms with van der Waals surface area (Å²) in [4.78, 5) is 141. The highest BCUT2D eigenvalue weighted by molar-refractivity contribution is 7.91. The van der Waals surface area contributed by atoms with Crippen molar-refractivity contribution in [3.8, 4) is 0 Å². The maximum atomic E-state index is 14.8. The molecule has 4 heterocycles. The van der Waals surface area contributed by atoms with Gasteiger partial charge in [0.25, 0.3) is 0 Å². The number of nitrogens with two attached hydrogens (primary N) is 2. The molecule has 1 aromatic heterocycles. The molecule has 1 fully saturated rings. The lowest BCUT2D eigenvalue weighted by molar-refractivity contribution is -0.143. The van der Waals surface area contributed by atoms with Gasteiger partial charge in [-0.25, -0.2) is 0 Å². The maximum Gasteiger partial charge on any atom is 0.248 e. The van der Waals surface area contributed by atoms with Crippen LogP contribution < -0.4 is 54.0 Å². The maximum absolute atomic E-state index is 14.8. The van der Waals surface area contributed by atoms with E-state index in [1.165, 1.54) is 4.90 Å². The van der Waals surface area contributed by atoms with Gasteiger partial charge in [-0.05, 0) is 49.8 Å². The molecule has 1 aromatic carbocycles. The zero-order valence-electron chi connectivity index (χ0n) is 38.0. The average molecular weight is 955 g/mol. The first-order valence-corrected chi connectivity index (χ1v) is 23.8. The first kappa shape index (κ1) is 51.7. The summed E-state index contributed by atoms with van der Waals surface area (Å²) in [5.41, 5.74) is 12.0. The lowest BCUT2D eigenvalue weighted by Gasteiger charge is -2.32. The van der Waals surface area contributed by atoms with Crippen molar-refractivity contribution in [3.05, 3.63) is 23.8 Å². The molecule has 0 saturated carbocycles. The number of hydrogen-bond donors (Lipinski definition) is 11. The standard InChI is InChI=1S/C43H62N12O11S/c1-5-21(3)35-40(63)47-18-33(58)49-29-20-67(66)42-25(24-12-11-23(15-26(24)52-42)48-32(57)10-7-13-44)16-27(37(60)46-19-34(59)53-35)50-41(64)36(22(4)6-2)54-39(62)30-9-8-14-55(30)43(65)28(17-31(45)56)51-38(29)61/h11-12,15,21-22,27-30,35-36,52H,5-10,13-14,16-20,44H2,1-4H3,(H2,45,56)(H,46,60)(H,47,63)(H,48,57)(H,49,58)(H,50,64)(H,51,61)(H,53,59)(H,54,62)/t21-,22-,27-,28-,29-,30-,35?,36-,67?/m0/s1. The van der Waals surface area contributed by atoms with E-state index in [1.807, 2.05) is 0 Å². The molecule has 2 bridgehead atoms. The van der Waals surface area contributed by atoms with Crippen molar-refractivity contribution in [1.29, 1.82) is 0 Å². The van der Waals surface area contributed by atoms with E-state index in [0.29, 0.717) is 42.3 Å². The van der Waals surface area contributed by atoms with Crippen LogP contribution in [-0.2, 0) is 65.5 Å². The molecule has 0 spiro atoms. The number of fused-ring (bicyclic) bond motifs is 5. The number of primary amides is 1. The van der Waals surface area contributed by atoms with Crippen LogP contribution >= 0.6 is 0 Å². The van der Waals surface area contributed by atoms with Crippen LogP contribution in [0.25, 0.3) is 10.9 Å². The molecular weight excluding hydrogens is 893 g/mol. The van der Waals surface area contributed by atoms with Gasteiger partial charge in [-0.3, -0.25) is 47.9 Å². The van der Waals surface area contributed by atoms with Gasteiger partial charge in [-0.15, -0.1) is 0 Å². The highest BCUT2D eigenvalue weighted by Gasteiger charge is 2.42. The summed E-state index contributed by atoms with van der Waals surface area (Å²) in [7, 11) is 0. The third-order valence-corrected chi connectivity index (χ3v) is 13.7. The van der Waals surface area contributed by atoms with E-state index in [0.717, 1.165) is 0 Å². The number of anilines is 1. The second-order valence-electron chi connectivity index (χ2n) is 17.2. The first-order valence-electron chi connectivity index (χ1n) is 22.5. The van der Waals surface area contributed by atoms with Gasteiger partial charge in [-0.2, -0.15) is 0 Å². The van der Waals surface area contributed by atoms with Gasteiger partial charge >= 0.3 is 0 Å². The largest absolute Gasteiger partial charge is 0.610 e. The van der Waals surface area contributed by atoms with Crippen LogP contribution in [-0.4, -0.2) is 142 Å². The quantitative estimate of drug-likeness (QED) is 0.107. The number of nitrogens with one attached hydrogen (secondary N) is 9. The number of aromatic nitrogens is 1. The first-order chi connectivity index (χ1) is 31.8. The predicted octanol–water partition coefficient (Wildman–Crippen LogP) is -2.86. The number of carbonyl (C=O) groups excluding carboxylic acids is 10. The van der Waals surface area contributed by atoms with E-state index < -0.39 is 144 Å². The molecular formula is C43H62N12O11S. The van der Waals surface area contributed by atoms with Crippen molar-refractivity contribution < 1.29 is 52.5 Å². The number of benzene rings is 1. The molecule has 9 atom stereocenters. The summed E-state index contributed by atoms with van der Waals surface area (Å²) in [6, 6.07) is -3.85. The lowest BCUT2D eigenvalue weighted by Crippen LogP contribution is -2.61. The zero-order chi connectivity index (χ0) is 49.1. The SMILES string of the molecule is CC[C@H](C)C1NC(=O)CNC(=O)[C@@H]2Cc3c([nH]c4cc(NC(=O)CCCN)ccc34)[S+]([O-])C[C@H](NC(=O)CNC1=O)C(=O)N[C@@H](CC(N)=O)C(=O)N1CCC[C@H]1C(=O)N[C@@H]([C@@H](C)CC)C(=O)N2. The molecule has 366 valence electrons. The van der Waals surface area contributed by atoms with Gasteiger partial charge in [0.05, 0.1) is 25.0 Å². The van der Waals surface area contributed by atoms with Gasteiger partial charge in [0.1, 0.15) is 36.0 Å². The van der Waals surface area contributed by atoms with E-state index in [9.17, 15) is 52.5 Å². The Kier molecular flexibility index (Phi) is 18.1. The number of carbonyl (C=O) groups is 10. The molecule has 13 N–H and O–H groups in total. The van der Waals surface area contributed by atoms with Crippen LogP contribution in [0.1, 0.15) is 78.2 Å². The second-order valence-corrected chi connectivity index (χ2v) is 18.6. The summed E-state index contributed by atoms with van der Waals surface area (Å²) in [6.07, 6.45) is 0.711. The summed E-state index contributed by atoms with van der Waals surface area (Å²) in [6.45, 7) is 5.88. The minimum Gasteiger partial charge on any atom is -0.610 e. The lowest BCUT2D eigenvalue weighted by atomic mass is 9.96. The molecule has 3 aliphatic rings. The van der Waals surface area contributed by atoms with E-state index in [-0.39, 0.29) is 42.4 Å². The minimum atomic E-state index is -2.31. The van der Waals surface area contributed by atoms with Crippen molar-refractivity contribution in [2.45, 2.75) is 120 Å². The van der Waals surface area contributed by atoms with Gasteiger partial charge in [0.2, 0.25) is 64.1 Å². The van der Waals surface area contributed by atoms with Crippen molar-refractivity contribution >= 4 is 86.8 Å². The number of hydrogen-bond acceptors (Lipinski definition) is 12. The molecule has 2 aromatic rings. The van der Waals surface area contributed by atoms with Crippen LogP contribution in [0.2, 0.25) is 0 Å². The van der Waals surface area contributed by atoms with Crippen LogP contribution in [0.3, 0.4) is 0 Å². The summed E-state index contributed by atoms with van der Waals surface area (Å²) in [5.74, 6) is -9.82. The monoisotopic (exact) mass is 954 g/mol. The Labute approximate surface area is 390 Å². The molecule has 1 saturated heterocycles. The molecule has 0 aliphatic carbocycles. The van der Waals surface area contributed by atoms with Crippen LogP contribution in [0.15, 0.2) is 23.2 Å². The van der Waals surface area contributed by atoms with E-state index >= 15 is 0 Å². The summed E-state index contributed by atoms with van der Waals surface area (Å²) >= 11 is -2.31. The fourth-order valence-electron chi connectivity index (χ4n) is 8.15. The Morgan fingerprint density at radius 2 is 1.49 bits per heavy atom. The van der Waals surface area contributed by atoms with Gasteiger partial charge < -0.3 is 68.4 Å². The Balaban J connectivity index is 1.72. The highest BCUT2D eigenvalue weighted by atomic mass is 32.2. The third kappa shape index (κ3) is 13.2. The number of nitrogens with zero attached hydrogens (tertiary/aromatic N) is 1. The Bertz CT molecular complexity index is 2240. The predicted molar refractivity (Wildman–Crippen MR) is 243 cm³/mol. The van der Waals surface area contributed by atoms with Crippen molar-refractivity contribution in [2.24, 2.45) is 23.3 Å². The minimum absolute atomic E-state index is 0.0296. The zero-order valence-corrected chi connectivity index (χ0v) is 38.9. The smallest absolute Gasteiger partial charge is 0.248 e. The van der Waals surface area contributed by atoms with Crippen LogP contribution in [0, 0.1) is 11.8 Å². The molecule has 67 heavy (non-hydrogen) atoms. The molecule has 10 amide bonds. The molecule has 23 nitrogen and oxygen atoms in total. The van der Waals surface area contributed by atoms with E-state index in [2.05, 4.69) is 47.5 Å². The molecule has 24 heteroatoms. The molecule has 3 aliphatic heterocycles. The fraction of sp³-hybridized carbons (Fsp3) is 0.581. The van der Waals surface area contributed by atoms with Crippen LogP contribution in [0.5, 0.6) is 0 Å². The Morgan fingerprint density at radius 1 is 0.836 bits per heavy atom. The summed E-state index contributed by atoms with van der Waals surface area (Å²) in [5, 5.41) is 21.1. The second kappa shape index (κ2) is 23.5. The number of aromatic amines is 1. The van der Waals surface area contributed by atoms with E-state index in [1.54, 1.807) is 45.9 Å². The van der Waals surface area contributed by atoms with Gasteiger partial charge in [-0.1, -0.05) is 46.6 Å². The van der Waals surface area contributed by atoms with E-state index in [4.69, 9.17) is 11.5 Å². The van der Waals surface area contributed by atoms with Crippen LogP contribution in [0.4, 0.5) is 5.69 Å². The number of rotatable bonds is 10. The van der Waals surface area contributed by atoms with Gasteiger partial charge in [0.15, 0.2) is 6.04 Å². The highest BCUT2D eigenvalue weighted by Crippen LogP contribution is 2.31. The topological polar surface area (TPSA) is 361 Å². The molecule has 2 unspecified atom stereocenters. The number of amides is 10. The third-order valence-electron chi connectivity index (χ3n) is 12.3. The number of H-pyrrole nitrogens is 1. The fourth-order valence-corrected chi connectivity index (χ4v) is 9.55. The normalized spacial score (nSPS) is 26.1. The van der Waals surface area contributed by atoms with Crippen molar-refractivity contribution in [2.75, 3.05) is 37.2 Å².